The van der Waals surface area contributed by atoms with E-state index in [-0.39, 0.29) is 10.4 Å². The highest BCUT2D eigenvalue weighted by molar-refractivity contribution is 7.93. The first-order valence-electron chi connectivity index (χ1n) is 5.30. The van der Waals surface area contributed by atoms with Gasteiger partial charge in [-0.25, -0.2) is 8.42 Å². The van der Waals surface area contributed by atoms with Gasteiger partial charge in [-0.1, -0.05) is 26.9 Å². The normalized spacial score (nSPS) is 16.8. The summed E-state index contributed by atoms with van der Waals surface area (Å²) < 4.78 is 23.3. The molecule has 0 radical (unpaired) electrons. The molecule has 0 aliphatic heterocycles. The molecule has 5 heteroatoms. The van der Waals surface area contributed by atoms with Crippen molar-refractivity contribution >= 4 is 17.9 Å². The quantitative estimate of drug-likeness (QED) is 0.701. The maximum absolute atomic E-state index is 11.7. The summed E-state index contributed by atoms with van der Waals surface area (Å²) in [5.74, 6) is 0. The van der Waals surface area contributed by atoms with Gasteiger partial charge in [0, 0.05) is 11.8 Å². The van der Waals surface area contributed by atoms with Gasteiger partial charge < -0.3 is 0 Å². The molecule has 0 saturated carbocycles. The van der Waals surface area contributed by atoms with Crippen LogP contribution in [0.15, 0.2) is 0 Å². The molecular formula is C10H21NO2SSi. The molecular weight excluding hydrogens is 226 g/mol. The number of nitriles is 1. The number of hydrogen-bond acceptors (Lipinski definition) is 3. The minimum atomic E-state index is -3.03. The molecule has 2 unspecified atom stereocenters. The van der Waals surface area contributed by atoms with Gasteiger partial charge in [0.05, 0.1) is 19.0 Å². The van der Waals surface area contributed by atoms with E-state index in [1.165, 1.54) is 6.26 Å². The number of rotatable bonds is 5. The first kappa shape index (κ1) is 14.7. The van der Waals surface area contributed by atoms with E-state index in [2.05, 4.69) is 6.07 Å². The van der Waals surface area contributed by atoms with Crippen molar-refractivity contribution in [3.05, 3.63) is 0 Å². The van der Waals surface area contributed by atoms with Gasteiger partial charge in [-0.2, -0.15) is 5.26 Å². The maximum atomic E-state index is 11.7. The van der Waals surface area contributed by atoms with E-state index in [1.54, 1.807) is 0 Å². The van der Waals surface area contributed by atoms with Gasteiger partial charge in [-0.3, -0.25) is 0 Å². The van der Waals surface area contributed by atoms with Gasteiger partial charge >= 0.3 is 0 Å². The number of sulfone groups is 1. The Balaban J connectivity index is 5.24. The van der Waals surface area contributed by atoms with Crippen LogP contribution >= 0.6 is 0 Å². The van der Waals surface area contributed by atoms with Crippen LogP contribution in [0.2, 0.25) is 18.6 Å². The molecule has 2 atom stereocenters. The first-order valence-corrected chi connectivity index (χ1v) is 10.4. The summed E-state index contributed by atoms with van der Waals surface area (Å²) in [5.41, 5.74) is -0.0721. The van der Waals surface area contributed by atoms with Crippen molar-refractivity contribution in [2.75, 3.05) is 6.26 Å². The third kappa shape index (κ3) is 3.32. The van der Waals surface area contributed by atoms with E-state index < -0.39 is 17.9 Å². The second-order valence-electron chi connectivity index (χ2n) is 4.64. The highest BCUT2D eigenvalue weighted by Gasteiger charge is 2.43. The highest BCUT2D eigenvalue weighted by atomic mass is 32.2. The van der Waals surface area contributed by atoms with Crippen molar-refractivity contribution < 1.29 is 8.42 Å². The van der Waals surface area contributed by atoms with Crippen molar-refractivity contribution in [2.24, 2.45) is 0 Å². The largest absolute Gasteiger partial charge is 0.229 e. The van der Waals surface area contributed by atoms with Crippen molar-refractivity contribution in [3.8, 4) is 6.07 Å². The molecule has 0 fully saturated rings. The average molecular weight is 247 g/mol. The molecule has 0 aromatic heterocycles. The summed E-state index contributed by atoms with van der Waals surface area (Å²) in [6.07, 6.45) is 2.66. The van der Waals surface area contributed by atoms with Crippen LogP contribution in [-0.2, 0) is 9.84 Å². The Morgan fingerprint density at radius 2 is 1.73 bits per heavy atom. The molecule has 0 aliphatic carbocycles. The second kappa shape index (κ2) is 5.13. The zero-order valence-electron chi connectivity index (χ0n) is 10.2. The monoisotopic (exact) mass is 247 g/mol. The predicted octanol–water partition coefficient (Wildman–Crippen LogP) is 2.36. The Morgan fingerprint density at radius 3 is 1.93 bits per heavy atom. The van der Waals surface area contributed by atoms with Crippen LogP contribution in [0.4, 0.5) is 0 Å². The van der Waals surface area contributed by atoms with Crippen LogP contribution in [0, 0.1) is 11.3 Å². The Hall–Kier alpha value is -0.343. The fourth-order valence-corrected chi connectivity index (χ4v) is 10.8. The molecule has 0 N–H and O–H groups in total. The van der Waals surface area contributed by atoms with Crippen molar-refractivity contribution in [3.63, 3.8) is 0 Å². The molecule has 3 nitrogen and oxygen atoms in total. The number of hydrogen-bond donors (Lipinski definition) is 0. The Labute approximate surface area is 94.4 Å². The van der Waals surface area contributed by atoms with E-state index in [0.717, 1.165) is 6.42 Å². The third-order valence-corrected chi connectivity index (χ3v) is 12.1. The Kier molecular flexibility index (Phi) is 5.01. The van der Waals surface area contributed by atoms with Crippen LogP contribution < -0.4 is 0 Å². The van der Waals surface area contributed by atoms with Gasteiger partial charge in [-0.15, -0.1) is 0 Å². The zero-order valence-corrected chi connectivity index (χ0v) is 12.1. The minimum Gasteiger partial charge on any atom is -0.229 e. The third-order valence-electron chi connectivity index (χ3n) is 3.18. The molecule has 0 aromatic rings. The van der Waals surface area contributed by atoms with Crippen molar-refractivity contribution in [1.29, 1.82) is 5.26 Å². The second-order valence-corrected chi connectivity index (χ2v) is 12.3. The Bertz CT molecular complexity index is 343. The van der Waals surface area contributed by atoms with Crippen molar-refractivity contribution in [2.45, 2.75) is 50.2 Å². The molecule has 0 heterocycles. The van der Waals surface area contributed by atoms with Crippen LogP contribution in [0.3, 0.4) is 0 Å². The summed E-state index contributed by atoms with van der Waals surface area (Å²) in [4.78, 5) is -0.297. The Morgan fingerprint density at radius 1 is 1.27 bits per heavy atom. The standard InChI is InChI=1S/C10H21NO2SSi/c1-6-9(8-11)15(4,5)10(7-2)14(3,12)13/h9-10H,6-7H2,1-5H3. The molecule has 0 rings (SSSR count). The minimum absolute atomic E-state index is 0.0721. The van der Waals surface area contributed by atoms with E-state index in [9.17, 15) is 8.42 Å². The van der Waals surface area contributed by atoms with Gasteiger partial charge in [0.25, 0.3) is 0 Å². The SMILES string of the molecule is CCC(C#N)[Si](C)(C)C(CC)S(C)(=O)=O. The topological polar surface area (TPSA) is 57.9 Å². The molecule has 15 heavy (non-hydrogen) atoms. The van der Waals surface area contributed by atoms with Gasteiger partial charge in [-0.05, 0) is 12.8 Å². The van der Waals surface area contributed by atoms with Gasteiger partial charge in [0.15, 0.2) is 0 Å². The first-order chi connectivity index (χ1) is 6.71. The van der Waals surface area contributed by atoms with E-state index in [1.807, 2.05) is 26.9 Å². The molecule has 0 bridgehead atoms. The average Bonchev–Trinajstić information content (AvgIpc) is 2.03. The van der Waals surface area contributed by atoms with E-state index in [0.29, 0.717) is 6.42 Å². The molecule has 88 valence electrons. The molecule has 0 aliphatic rings. The van der Waals surface area contributed by atoms with Gasteiger partial charge in [0.2, 0.25) is 0 Å². The van der Waals surface area contributed by atoms with E-state index >= 15 is 0 Å². The highest BCUT2D eigenvalue weighted by Crippen LogP contribution is 2.32. The molecule has 0 aromatic carbocycles. The summed E-state index contributed by atoms with van der Waals surface area (Å²) in [7, 11) is -5.07. The summed E-state index contributed by atoms with van der Waals surface area (Å²) in [6.45, 7) is 7.88. The summed E-state index contributed by atoms with van der Waals surface area (Å²) in [6, 6.07) is 2.28. The fraction of sp³-hybridized carbons (Fsp3) is 0.900. The maximum Gasteiger partial charge on any atom is 0.147 e. The van der Waals surface area contributed by atoms with Crippen LogP contribution in [-0.4, -0.2) is 27.6 Å². The fourth-order valence-electron chi connectivity index (χ4n) is 2.39. The lowest BCUT2D eigenvalue weighted by Gasteiger charge is -2.33. The number of nitrogens with zero attached hydrogens (tertiary/aromatic N) is 1. The molecule has 0 amide bonds. The summed E-state index contributed by atoms with van der Waals surface area (Å²) >= 11 is 0. The molecule has 0 saturated heterocycles. The van der Waals surface area contributed by atoms with E-state index in [4.69, 9.17) is 5.26 Å². The van der Waals surface area contributed by atoms with Crippen molar-refractivity contribution in [1.82, 2.24) is 0 Å². The molecule has 0 spiro atoms. The predicted molar refractivity (Wildman–Crippen MR) is 66.1 cm³/mol. The summed E-state index contributed by atoms with van der Waals surface area (Å²) in [5, 5.41) is 9.06. The van der Waals surface area contributed by atoms with Crippen LogP contribution in [0.25, 0.3) is 0 Å². The van der Waals surface area contributed by atoms with Crippen LogP contribution in [0.1, 0.15) is 26.7 Å². The lowest BCUT2D eigenvalue weighted by atomic mass is 10.4. The van der Waals surface area contributed by atoms with Gasteiger partial charge in [0.1, 0.15) is 9.84 Å². The lowest BCUT2D eigenvalue weighted by molar-refractivity contribution is 0.594. The lowest BCUT2D eigenvalue weighted by Crippen LogP contribution is -2.49. The van der Waals surface area contributed by atoms with Crippen LogP contribution in [0.5, 0.6) is 0 Å². The smallest absolute Gasteiger partial charge is 0.147 e. The zero-order chi connectivity index (χ0) is 12.3.